The fourth-order valence-corrected chi connectivity index (χ4v) is 3.82. The Hall–Kier alpha value is -1.68. The summed E-state index contributed by atoms with van der Waals surface area (Å²) in [5, 5.41) is 13.9. The number of carbonyl (C=O) groups excluding carboxylic acids is 2. The van der Waals surface area contributed by atoms with Crippen molar-refractivity contribution in [1.82, 2.24) is 0 Å². The van der Waals surface area contributed by atoms with Gasteiger partial charge in [0, 0.05) is 17.7 Å². The molecular formula is C18H23NO3. The lowest BCUT2D eigenvalue weighted by atomic mass is 9.63. The number of rotatable bonds is 1. The van der Waals surface area contributed by atoms with Crippen LogP contribution in [-0.4, -0.2) is 16.8 Å². The van der Waals surface area contributed by atoms with Gasteiger partial charge in [0.05, 0.1) is 5.92 Å². The van der Waals surface area contributed by atoms with Crippen LogP contribution in [-0.2, 0) is 15.2 Å². The highest BCUT2D eigenvalue weighted by molar-refractivity contribution is 6.08. The highest BCUT2D eigenvalue weighted by Crippen LogP contribution is 2.49. The molecule has 1 fully saturated rings. The number of benzene rings is 1. The quantitative estimate of drug-likeness (QED) is 0.838. The van der Waals surface area contributed by atoms with Crippen LogP contribution in [0, 0.1) is 17.3 Å². The third kappa shape index (κ3) is 2.17. The van der Waals surface area contributed by atoms with E-state index in [1.807, 2.05) is 6.07 Å². The molecule has 2 aliphatic rings. The highest BCUT2D eigenvalue weighted by atomic mass is 16.3. The standard InChI is InChI=1S/C18H23NO3/c1-17(2,3)11-8-9-15(20)13(10-11)18(22)12-6-4-5-7-14(12)19-16(18)21/h4-7,11,13,22H,8-10H2,1-3H3,(H,19,21)/t11-,13+,18+/m1/s1. The third-order valence-corrected chi connectivity index (χ3v) is 5.31. The van der Waals surface area contributed by atoms with E-state index in [4.69, 9.17) is 0 Å². The van der Waals surface area contributed by atoms with Crippen molar-refractivity contribution < 1.29 is 14.7 Å². The van der Waals surface area contributed by atoms with E-state index in [1.165, 1.54) is 0 Å². The van der Waals surface area contributed by atoms with Crippen molar-refractivity contribution in [2.45, 2.75) is 45.6 Å². The second-order valence-corrected chi connectivity index (χ2v) is 7.62. The van der Waals surface area contributed by atoms with E-state index in [0.717, 1.165) is 6.42 Å². The Bertz CT molecular complexity index is 631. The molecule has 0 unspecified atom stereocenters. The monoisotopic (exact) mass is 301 g/mol. The molecule has 3 atom stereocenters. The van der Waals surface area contributed by atoms with Crippen LogP contribution in [0.1, 0.15) is 45.6 Å². The van der Waals surface area contributed by atoms with Crippen LogP contribution < -0.4 is 5.32 Å². The maximum Gasteiger partial charge on any atom is 0.261 e. The van der Waals surface area contributed by atoms with Crippen molar-refractivity contribution in [3.05, 3.63) is 29.8 Å². The van der Waals surface area contributed by atoms with Gasteiger partial charge in [-0.3, -0.25) is 9.59 Å². The third-order valence-electron chi connectivity index (χ3n) is 5.31. The molecule has 1 aliphatic carbocycles. The number of Topliss-reactive ketones (excluding diaryl/α,β-unsaturated/α-hetero) is 1. The first-order chi connectivity index (χ1) is 10.2. The van der Waals surface area contributed by atoms with E-state index in [9.17, 15) is 14.7 Å². The highest BCUT2D eigenvalue weighted by Gasteiger charge is 2.55. The number of hydrogen-bond donors (Lipinski definition) is 2. The van der Waals surface area contributed by atoms with Gasteiger partial charge in [-0.1, -0.05) is 39.0 Å². The Morgan fingerprint density at radius 2 is 1.91 bits per heavy atom. The summed E-state index contributed by atoms with van der Waals surface area (Å²) >= 11 is 0. The van der Waals surface area contributed by atoms with Gasteiger partial charge < -0.3 is 10.4 Å². The first-order valence-corrected chi connectivity index (χ1v) is 7.90. The normalized spacial score (nSPS) is 31.8. The van der Waals surface area contributed by atoms with Gasteiger partial charge >= 0.3 is 0 Å². The number of para-hydroxylation sites is 1. The lowest BCUT2D eigenvalue weighted by Crippen LogP contribution is -2.49. The van der Waals surface area contributed by atoms with Crippen molar-refractivity contribution in [1.29, 1.82) is 0 Å². The number of amides is 1. The molecule has 3 rings (SSSR count). The molecule has 0 bridgehead atoms. The summed E-state index contributed by atoms with van der Waals surface area (Å²) in [5.74, 6) is -0.814. The molecule has 22 heavy (non-hydrogen) atoms. The Morgan fingerprint density at radius 1 is 1.23 bits per heavy atom. The molecule has 1 heterocycles. The van der Waals surface area contributed by atoms with Gasteiger partial charge in [0.1, 0.15) is 5.78 Å². The zero-order valence-electron chi connectivity index (χ0n) is 13.3. The van der Waals surface area contributed by atoms with Crippen molar-refractivity contribution in [2.24, 2.45) is 17.3 Å². The summed E-state index contributed by atoms with van der Waals surface area (Å²) in [7, 11) is 0. The van der Waals surface area contributed by atoms with Gasteiger partial charge in [-0.15, -0.1) is 0 Å². The first kappa shape index (κ1) is 15.2. The molecule has 0 aromatic heterocycles. The molecule has 0 radical (unpaired) electrons. The van der Waals surface area contributed by atoms with Gasteiger partial charge in [0.2, 0.25) is 0 Å². The van der Waals surface area contributed by atoms with Gasteiger partial charge in [-0.05, 0) is 30.2 Å². The summed E-state index contributed by atoms with van der Waals surface area (Å²) in [4.78, 5) is 24.9. The van der Waals surface area contributed by atoms with E-state index < -0.39 is 17.4 Å². The smallest absolute Gasteiger partial charge is 0.261 e. The Balaban J connectivity index is 2.01. The molecule has 0 saturated heterocycles. The van der Waals surface area contributed by atoms with E-state index in [0.29, 0.717) is 30.0 Å². The van der Waals surface area contributed by atoms with Crippen molar-refractivity contribution in [3.63, 3.8) is 0 Å². The van der Waals surface area contributed by atoms with Crippen LogP contribution in [0.2, 0.25) is 0 Å². The van der Waals surface area contributed by atoms with Crippen LogP contribution in [0.15, 0.2) is 24.3 Å². The molecule has 1 aromatic carbocycles. The van der Waals surface area contributed by atoms with E-state index in [-0.39, 0.29) is 11.2 Å². The number of fused-ring (bicyclic) bond motifs is 1. The average Bonchev–Trinajstić information content (AvgIpc) is 2.71. The van der Waals surface area contributed by atoms with Crippen LogP contribution in [0.4, 0.5) is 5.69 Å². The van der Waals surface area contributed by atoms with Gasteiger partial charge in [-0.25, -0.2) is 0 Å². The number of carbonyl (C=O) groups is 2. The van der Waals surface area contributed by atoms with E-state index >= 15 is 0 Å². The molecule has 0 spiro atoms. The van der Waals surface area contributed by atoms with Gasteiger partial charge in [-0.2, -0.15) is 0 Å². The van der Waals surface area contributed by atoms with E-state index in [1.54, 1.807) is 18.2 Å². The van der Waals surface area contributed by atoms with Crippen molar-refractivity contribution >= 4 is 17.4 Å². The minimum atomic E-state index is -1.72. The minimum Gasteiger partial charge on any atom is -0.375 e. The fourth-order valence-electron chi connectivity index (χ4n) is 3.82. The van der Waals surface area contributed by atoms with Crippen LogP contribution in [0.25, 0.3) is 0 Å². The Morgan fingerprint density at radius 3 is 2.59 bits per heavy atom. The maximum atomic E-state index is 12.5. The number of hydrogen-bond acceptors (Lipinski definition) is 3. The first-order valence-electron chi connectivity index (χ1n) is 7.90. The molecule has 1 aliphatic heterocycles. The SMILES string of the molecule is CC(C)(C)[C@@H]1CCC(=O)[C@@H]([C@]2(O)C(=O)Nc3ccccc32)C1. The van der Waals surface area contributed by atoms with Gasteiger partial charge in [0.15, 0.2) is 5.60 Å². The summed E-state index contributed by atoms with van der Waals surface area (Å²) in [6.45, 7) is 6.45. The molecule has 2 N–H and O–H groups in total. The molecule has 1 amide bonds. The Labute approximate surface area is 130 Å². The van der Waals surface area contributed by atoms with Crippen molar-refractivity contribution in [2.75, 3.05) is 5.32 Å². The second kappa shape index (κ2) is 4.92. The predicted molar refractivity (Wildman–Crippen MR) is 84.3 cm³/mol. The minimum absolute atomic E-state index is 0.00477. The van der Waals surface area contributed by atoms with Crippen LogP contribution >= 0.6 is 0 Å². The lowest BCUT2D eigenvalue weighted by molar-refractivity contribution is -0.153. The predicted octanol–water partition coefficient (Wildman–Crippen LogP) is 2.86. The average molecular weight is 301 g/mol. The Kier molecular flexibility index (Phi) is 3.40. The summed E-state index contributed by atoms with van der Waals surface area (Å²) in [6, 6.07) is 7.10. The van der Waals surface area contributed by atoms with E-state index in [2.05, 4.69) is 26.1 Å². The summed E-state index contributed by atoms with van der Waals surface area (Å²) < 4.78 is 0. The fraction of sp³-hybridized carbons (Fsp3) is 0.556. The number of ketones is 1. The zero-order valence-corrected chi connectivity index (χ0v) is 13.3. The number of nitrogens with one attached hydrogen (secondary N) is 1. The largest absolute Gasteiger partial charge is 0.375 e. The zero-order chi connectivity index (χ0) is 16.1. The van der Waals surface area contributed by atoms with Crippen LogP contribution in [0.3, 0.4) is 0 Å². The molecule has 4 heteroatoms. The lowest BCUT2D eigenvalue weighted by Gasteiger charge is -2.41. The summed E-state index contributed by atoms with van der Waals surface area (Å²) in [5.41, 5.74) is -0.518. The number of anilines is 1. The molecular weight excluding hydrogens is 278 g/mol. The van der Waals surface area contributed by atoms with Crippen LogP contribution in [0.5, 0.6) is 0 Å². The summed E-state index contributed by atoms with van der Waals surface area (Å²) in [6.07, 6.45) is 1.82. The molecule has 4 nitrogen and oxygen atoms in total. The topological polar surface area (TPSA) is 66.4 Å². The molecule has 1 aromatic rings. The van der Waals surface area contributed by atoms with Crippen molar-refractivity contribution in [3.8, 4) is 0 Å². The number of aliphatic hydroxyl groups is 1. The molecule has 1 saturated carbocycles. The maximum absolute atomic E-state index is 12.5. The van der Waals surface area contributed by atoms with Gasteiger partial charge in [0.25, 0.3) is 5.91 Å². The molecule has 118 valence electrons. The second-order valence-electron chi connectivity index (χ2n) is 7.62.